The predicted molar refractivity (Wildman–Crippen MR) is 112 cm³/mol. The van der Waals surface area contributed by atoms with Crippen LogP contribution in [0.3, 0.4) is 0 Å². The Balaban J connectivity index is 1.52. The summed E-state index contributed by atoms with van der Waals surface area (Å²) in [5, 5.41) is 1.86. The maximum atomic E-state index is 13.4. The summed E-state index contributed by atoms with van der Waals surface area (Å²) >= 11 is 1.45. The number of hydrogen-bond donors (Lipinski definition) is 1. The minimum Gasteiger partial charge on any atom is -0.358 e. The van der Waals surface area contributed by atoms with Gasteiger partial charge in [-0.15, -0.1) is 0 Å². The number of nitrogens with zero attached hydrogens (tertiary/aromatic N) is 3. The van der Waals surface area contributed by atoms with Gasteiger partial charge >= 0.3 is 0 Å². The van der Waals surface area contributed by atoms with Crippen LogP contribution in [0, 0.1) is 5.82 Å². The third-order valence-corrected chi connectivity index (χ3v) is 6.04. The molecule has 7 heteroatoms. The van der Waals surface area contributed by atoms with E-state index >= 15 is 0 Å². The van der Waals surface area contributed by atoms with Gasteiger partial charge < -0.3 is 9.88 Å². The topological polar surface area (TPSA) is 53.9 Å². The molecule has 5 nitrogen and oxygen atoms in total. The highest BCUT2D eigenvalue weighted by Gasteiger charge is 2.28. The number of H-pyrrole nitrogens is 1. The number of nitrogens with one attached hydrogen (secondary N) is 1. The molecule has 1 amide bonds. The molecule has 0 aliphatic carbocycles. The molecule has 0 atom stereocenters. The van der Waals surface area contributed by atoms with Gasteiger partial charge in [0, 0.05) is 47.4 Å². The van der Waals surface area contributed by atoms with Crippen molar-refractivity contribution in [3.63, 3.8) is 0 Å². The standard InChI is InChI=1S/C22H19FN4OS/c1-29-22-24-12-20(27(22)15-8-6-14(23)7-9-15)21(28)26-11-10-19-17(13-26)16-4-2-3-5-18(16)25-19/h2-9,12,25H,10-11,13H2,1H3. The van der Waals surface area contributed by atoms with Crippen molar-refractivity contribution in [2.75, 3.05) is 12.8 Å². The van der Waals surface area contributed by atoms with Crippen LogP contribution < -0.4 is 0 Å². The molecule has 29 heavy (non-hydrogen) atoms. The Morgan fingerprint density at radius 1 is 1.17 bits per heavy atom. The molecular formula is C22H19FN4OS. The highest BCUT2D eigenvalue weighted by atomic mass is 32.2. The zero-order valence-electron chi connectivity index (χ0n) is 15.9. The number of benzene rings is 2. The largest absolute Gasteiger partial charge is 0.358 e. The lowest BCUT2D eigenvalue weighted by molar-refractivity contribution is 0.0726. The first-order valence-electron chi connectivity index (χ1n) is 9.41. The summed E-state index contributed by atoms with van der Waals surface area (Å²) in [4.78, 5) is 23.2. The molecule has 2 aromatic heterocycles. The molecule has 0 radical (unpaired) electrons. The van der Waals surface area contributed by atoms with Crippen LogP contribution in [0.1, 0.15) is 21.7 Å². The number of aromatic amines is 1. The van der Waals surface area contributed by atoms with Crippen LogP contribution in [-0.2, 0) is 13.0 Å². The second kappa shape index (κ2) is 7.08. The summed E-state index contributed by atoms with van der Waals surface area (Å²) in [5.74, 6) is -0.381. The van der Waals surface area contributed by atoms with Gasteiger partial charge in [0.05, 0.1) is 6.20 Å². The van der Waals surface area contributed by atoms with E-state index in [9.17, 15) is 9.18 Å². The lowest BCUT2D eigenvalue weighted by Gasteiger charge is -2.27. The van der Waals surface area contributed by atoms with Gasteiger partial charge in [0.1, 0.15) is 11.5 Å². The molecular weight excluding hydrogens is 387 g/mol. The van der Waals surface area contributed by atoms with Crippen LogP contribution in [0.15, 0.2) is 59.9 Å². The molecule has 0 unspecified atom stereocenters. The third-order valence-electron chi connectivity index (χ3n) is 5.39. The quantitative estimate of drug-likeness (QED) is 0.513. The molecule has 0 saturated heterocycles. The van der Waals surface area contributed by atoms with Crippen molar-refractivity contribution in [2.24, 2.45) is 0 Å². The van der Waals surface area contributed by atoms with E-state index < -0.39 is 0 Å². The second-order valence-corrected chi connectivity index (χ2v) is 7.82. The van der Waals surface area contributed by atoms with E-state index in [1.807, 2.05) is 23.3 Å². The fourth-order valence-corrected chi connectivity index (χ4v) is 4.52. The average Bonchev–Trinajstić information content (AvgIpc) is 3.34. The molecule has 5 rings (SSSR count). The number of thioether (sulfide) groups is 1. The van der Waals surface area contributed by atoms with Crippen molar-refractivity contribution in [1.29, 1.82) is 0 Å². The van der Waals surface area contributed by atoms with Crippen LogP contribution in [0.2, 0.25) is 0 Å². The number of amides is 1. The Bertz CT molecular complexity index is 1210. The Morgan fingerprint density at radius 2 is 1.97 bits per heavy atom. The molecule has 0 bridgehead atoms. The van der Waals surface area contributed by atoms with Crippen molar-refractivity contribution in [3.8, 4) is 5.69 Å². The summed E-state index contributed by atoms with van der Waals surface area (Å²) < 4.78 is 15.2. The van der Waals surface area contributed by atoms with Crippen LogP contribution >= 0.6 is 11.8 Å². The number of carbonyl (C=O) groups is 1. The third kappa shape index (κ3) is 3.02. The SMILES string of the molecule is CSc1ncc(C(=O)N2CCc3[nH]c4ccccc4c3C2)n1-c1ccc(F)cc1. The van der Waals surface area contributed by atoms with Gasteiger partial charge in [0.25, 0.3) is 5.91 Å². The van der Waals surface area contributed by atoms with Gasteiger partial charge in [-0.2, -0.15) is 0 Å². The second-order valence-electron chi connectivity index (χ2n) is 7.05. The van der Waals surface area contributed by atoms with Gasteiger partial charge in [-0.25, -0.2) is 9.37 Å². The lowest BCUT2D eigenvalue weighted by Crippen LogP contribution is -2.36. The average molecular weight is 406 g/mol. The van der Waals surface area contributed by atoms with Gasteiger partial charge in [0.2, 0.25) is 0 Å². The smallest absolute Gasteiger partial charge is 0.272 e. The van der Waals surface area contributed by atoms with E-state index in [0.717, 1.165) is 23.0 Å². The van der Waals surface area contributed by atoms with E-state index in [4.69, 9.17) is 0 Å². The number of fused-ring (bicyclic) bond motifs is 3. The summed E-state index contributed by atoms with van der Waals surface area (Å²) in [6.07, 6.45) is 4.31. The number of para-hydroxylation sites is 1. The van der Waals surface area contributed by atoms with Gasteiger partial charge in [-0.1, -0.05) is 30.0 Å². The zero-order valence-corrected chi connectivity index (χ0v) is 16.7. The van der Waals surface area contributed by atoms with E-state index in [1.165, 1.54) is 35.2 Å². The monoisotopic (exact) mass is 406 g/mol. The van der Waals surface area contributed by atoms with Crippen molar-refractivity contribution < 1.29 is 9.18 Å². The summed E-state index contributed by atoms with van der Waals surface area (Å²) in [6.45, 7) is 1.20. The first-order chi connectivity index (χ1) is 14.2. The molecule has 0 fully saturated rings. The minimum atomic E-state index is -0.310. The van der Waals surface area contributed by atoms with Gasteiger partial charge in [-0.3, -0.25) is 9.36 Å². The van der Waals surface area contributed by atoms with Crippen LogP contribution in [0.4, 0.5) is 4.39 Å². The number of carbonyl (C=O) groups excluding carboxylic acids is 1. The fraction of sp³-hybridized carbons (Fsp3) is 0.182. The first-order valence-corrected chi connectivity index (χ1v) is 10.6. The highest BCUT2D eigenvalue weighted by Crippen LogP contribution is 2.29. The van der Waals surface area contributed by atoms with Crippen molar-refractivity contribution in [1.82, 2.24) is 19.4 Å². The Morgan fingerprint density at radius 3 is 2.76 bits per heavy atom. The maximum Gasteiger partial charge on any atom is 0.272 e. The molecule has 1 aliphatic rings. The van der Waals surface area contributed by atoms with Gasteiger partial charge in [-0.05, 0) is 36.6 Å². The number of halogens is 1. The van der Waals surface area contributed by atoms with E-state index in [1.54, 1.807) is 22.9 Å². The number of hydrogen-bond acceptors (Lipinski definition) is 3. The fourth-order valence-electron chi connectivity index (χ4n) is 3.97. The minimum absolute atomic E-state index is 0.0712. The molecule has 0 saturated carbocycles. The lowest BCUT2D eigenvalue weighted by atomic mass is 10.0. The molecule has 2 aromatic carbocycles. The van der Waals surface area contributed by atoms with Crippen LogP contribution in [0.25, 0.3) is 16.6 Å². The first kappa shape index (κ1) is 18.0. The molecule has 1 aliphatic heterocycles. The van der Waals surface area contributed by atoms with Crippen molar-refractivity contribution in [2.45, 2.75) is 18.1 Å². The summed E-state index contributed by atoms with van der Waals surface area (Å²) in [5.41, 5.74) is 4.70. The normalized spacial score (nSPS) is 13.7. The van der Waals surface area contributed by atoms with Gasteiger partial charge in [0.15, 0.2) is 5.16 Å². The van der Waals surface area contributed by atoms with Crippen LogP contribution in [-0.4, -0.2) is 38.1 Å². The Hall–Kier alpha value is -3.06. The van der Waals surface area contributed by atoms with E-state index in [2.05, 4.69) is 22.1 Å². The highest BCUT2D eigenvalue weighted by molar-refractivity contribution is 7.98. The number of rotatable bonds is 3. The molecule has 3 heterocycles. The van der Waals surface area contributed by atoms with Crippen LogP contribution in [0.5, 0.6) is 0 Å². The Kier molecular flexibility index (Phi) is 4.39. The number of aromatic nitrogens is 3. The molecule has 0 spiro atoms. The summed E-state index contributed by atoms with van der Waals surface area (Å²) in [7, 11) is 0. The van der Waals surface area contributed by atoms with Crippen molar-refractivity contribution >= 4 is 28.6 Å². The summed E-state index contributed by atoms with van der Waals surface area (Å²) in [6, 6.07) is 14.3. The molecule has 1 N–H and O–H groups in total. The maximum absolute atomic E-state index is 13.4. The Labute approximate surface area is 171 Å². The number of imidazole rings is 1. The molecule has 4 aromatic rings. The van der Waals surface area contributed by atoms with E-state index in [-0.39, 0.29) is 11.7 Å². The van der Waals surface area contributed by atoms with E-state index in [0.29, 0.717) is 23.9 Å². The zero-order chi connectivity index (χ0) is 20.0. The molecule has 146 valence electrons. The van der Waals surface area contributed by atoms with Crippen molar-refractivity contribution in [3.05, 3.63) is 77.5 Å². The predicted octanol–water partition coefficient (Wildman–Crippen LogP) is 4.41.